The first-order valence-electron chi connectivity index (χ1n) is 7.03. The molecule has 0 radical (unpaired) electrons. The quantitative estimate of drug-likeness (QED) is 0.874. The molecule has 1 saturated heterocycles. The zero-order valence-electron chi connectivity index (χ0n) is 12.4. The number of aliphatic hydroxyl groups is 1. The minimum atomic E-state index is -0.416. The van der Waals surface area contributed by atoms with Crippen LogP contribution in [-0.2, 0) is 0 Å². The Labute approximate surface area is 120 Å². The summed E-state index contributed by atoms with van der Waals surface area (Å²) in [5.74, 6) is -0.266. The summed E-state index contributed by atoms with van der Waals surface area (Å²) in [7, 11) is 3.97. The van der Waals surface area contributed by atoms with E-state index in [2.05, 4.69) is 4.90 Å². The largest absolute Gasteiger partial charge is 0.391 e. The molecular weight excluding hydrogens is 257 g/mol. The Morgan fingerprint density at radius 2 is 2.20 bits per heavy atom. The summed E-state index contributed by atoms with van der Waals surface area (Å²) < 4.78 is 14.3. The average Bonchev–Trinajstić information content (AvgIpc) is 2.68. The molecular formula is C15H24FN3O. The highest BCUT2D eigenvalue weighted by molar-refractivity contribution is 5.58. The van der Waals surface area contributed by atoms with Crippen LogP contribution in [0.4, 0.5) is 10.1 Å². The highest BCUT2D eigenvalue weighted by atomic mass is 19.1. The first-order valence-corrected chi connectivity index (χ1v) is 7.03. The number of nitrogens with two attached hydrogens (primary N) is 1. The van der Waals surface area contributed by atoms with Gasteiger partial charge in [-0.1, -0.05) is 12.1 Å². The van der Waals surface area contributed by atoms with Crippen LogP contribution in [0.1, 0.15) is 24.9 Å². The fourth-order valence-corrected chi connectivity index (χ4v) is 2.96. The number of anilines is 1. The van der Waals surface area contributed by atoms with Crippen molar-refractivity contribution in [1.29, 1.82) is 0 Å². The van der Waals surface area contributed by atoms with Crippen molar-refractivity contribution in [3.8, 4) is 0 Å². The van der Waals surface area contributed by atoms with Crippen LogP contribution in [0, 0.1) is 5.82 Å². The van der Waals surface area contributed by atoms with E-state index in [9.17, 15) is 9.50 Å². The van der Waals surface area contributed by atoms with Crippen LogP contribution < -0.4 is 10.6 Å². The summed E-state index contributed by atoms with van der Waals surface area (Å²) in [6, 6.07) is 4.87. The van der Waals surface area contributed by atoms with Gasteiger partial charge in [-0.25, -0.2) is 4.39 Å². The van der Waals surface area contributed by atoms with E-state index < -0.39 is 6.10 Å². The zero-order chi connectivity index (χ0) is 14.9. The van der Waals surface area contributed by atoms with Gasteiger partial charge in [0, 0.05) is 25.2 Å². The van der Waals surface area contributed by atoms with E-state index in [1.165, 1.54) is 6.07 Å². The Hall–Kier alpha value is -1.17. The Morgan fingerprint density at radius 1 is 1.50 bits per heavy atom. The van der Waals surface area contributed by atoms with Crippen LogP contribution in [0.3, 0.4) is 0 Å². The van der Waals surface area contributed by atoms with Crippen molar-refractivity contribution in [3.05, 3.63) is 29.6 Å². The van der Waals surface area contributed by atoms with Gasteiger partial charge in [-0.2, -0.15) is 0 Å². The van der Waals surface area contributed by atoms with Crippen LogP contribution in [0.15, 0.2) is 18.2 Å². The number of halogens is 1. The molecule has 4 nitrogen and oxygen atoms in total. The topological polar surface area (TPSA) is 52.7 Å². The number of β-amino-alcohol motifs (C(OH)–C–C–N with tert-alkyl or cyclic N) is 1. The van der Waals surface area contributed by atoms with Crippen molar-refractivity contribution in [2.24, 2.45) is 5.73 Å². The predicted octanol–water partition coefficient (Wildman–Crippen LogP) is 1.35. The second-order valence-corrected chi connectivity index (χ2v) is 5.92. The zero-order valence-corrected chi connectivity index (χ0v) is 12.4. The highest BCUT2D eigenvalue weighted by Crippen LogP contribution is 2.34. The lowest BCUT2D eigenvalue weighted by Gasteiger charge is -2.31. The summed E-state index contributed by atoms with van der Waals surface area (Å²) >= 11 is 0. The molecule has 0 aromatic heterocycles. The maximum absolute atomic E-state index is 14.3. The van der Waals surface area contributed by atoms with E-state index in [1.807, 2.05) is 32.0 Å². The molecule has 0 saturated carbocycles. The number of para-hydroxylation sites is 1. The molecule has 20 heavy (non-hydrogen) atoms. The number of nitrogens with zero attached hydrogens (tertiary/aromatic N) is 2. The van der Waals surface area contributed by atoms with Gasteiger partial charge in [0.05, 0.1) is 11.8 Å². The van der Waals surface area contributed by atoms with E-state index >= 15 is 0 Å². The first-order chi connectivity index (χ1) is 9.40. The minimum Gasteiger partial charge on any atom is -0.391 e. The van der Waals surface area contributed by atoms with Gasteiger partial charge < -0.3 is 20.6 Å². The predicted molar refractivity (Wildman–Crippen MR) is 79.3 cm³/mol. The van der Waals surface area contributed by atoms with Crippen molar-refractivity contribution >= 4 is 5.69 Å². The molecule has 2 unspecified atom stereocenters. The molecule has 3 atom stereocenters. The third-order valence-electron chi connectivity index (χ3n) is 3.76. The van der Waals surface area contributed by atoms with E-state index in [4.69, 9.17) is 5.73 Å². The molecule has 5 heteroatoms. The summed E-state index contributed by atoms with van der Waals surface area (Å²) in [5, 5.41) is 9.95. The number of aliphatic hydroxyl groups excluding tert-OH is 1. The average molecular weight is 281 g/mol. The molecule has 0 bridgehead atoms. The molecule has 0 amide bonds. The van der Waals surface area contributed by atoms with E-state index in [1.54, 1.807) is 6.07 Å². The molecule has 3 N–H and O–H groups in total. The fraction of sp³-hybridized carbons (Fsp3) is 0.600. The maximum Gasteiger partial charge on any atom is 0.146 e. The Bertz CT molecular complexity index is 464. The highest BCUT2D eigenvalue weighted by Gasteiger charge is 2.34. The number of hydrogen-bond acceptors (Lipinski definition) is 4. The number of hydrogen-bond donors (Lipinski definition) is 2. The Morgan fingerprint density at radius 3 is 2.80 bits per heavy atom. The van der Waals surface area contributed by atoms with Gasteiger partial charge in [-0.15, -0.1) is 0 Å². The van der Waals surface area contributed by atoms with Crippen molar-refractivity contribution in [2.45, 2.75) is 31.5 Å². The second-order valence-electron chi connectivity index (χ2n) is 5.92. The van der Waals surface area contributed by atoms with Crippen LogP contribution in [-0.4, -0.2) is 49.3 Å². The van der Waals surface area contributed by atoms with Gasteiger partial charge >= 0.3 is 0 Å². The minimum absolute atomic E-state index is 0.106. The fourth-order valence-electron chi connectivity index (χ4n) is 2.96. The standard InChI is InChI=1S/C15H24FN3O/c1-10(17)13-5-4-6-14(16)15(13)19-9-12(20)7-11(19)8-18(2)3/h4-6,10-12,20H,7-9,17H2,1-3H3/t10-,11?,12?/m1/s1. The van der Waals surface area contributed by atoms with E-state index in [0.717, 1.165) is 12.1 Å². The second kappa shape index (κ2) is 6.08. The van der Waals surface area contributed by atoms with Gasteiger partial charge in [0.25, 0.3) is 0 Å². The monoisotopic (exact) mass is 281 g/mol. The molecule has 0 aliphatic carbocycles. The van der Waals surface area contributed by atoms with Crippen LogP contribution in [0.2, 0.25) is 0 Å². The first kappa shape index (κ1) is 15.2. The van der Waals surface area contributed by atoms with Gasteiger partial charge in [0.1, 0.15) is 5.82 Å². The van der Waals surface area contributed by atoms with Crippen molar-refractivity contribution < 1.29 is 9.50 Å². The molecule has 1 fully saturated rings. The number of rotatable bonds is 4. The maximum atomic E-state index is 14.3. The molecule has 0 spiro atoms. The van der Waals surface area contributed by atoms with Crippen LogP contribution in [0.5, 0.6) is 0 Å². The van der Waals surface area contributed by atoms with Crippen molar-refractivity contribution in [3.63, 3.8) is 0 Å². The van der Waals surface area contributed by atoms with E-state index in [-0.39, 0.29) is 17.9 Å². The third-order valence-corrected chi connectivity index (χ3v) is 3.76. The third kappa shape index (κ3) is 3.11. The van der Waals surface area contributed by atoms with E-state index in [0.29, 0.717) is 18.7 Å². The van der Waals surface area contributed by atoms with Gasteiger partial charge in [0.2, 0.25) is 0 Å². The lowest BCUT2D eigenvalue weighted by molar-refractivity contribution is 0.191. The normalized spacial score (nSPS) is 24.4. The Kier molecular flexibility index (Phi) is 4.62. The van der Waals surface area contributed by atoms with Gasteiger partial charge in [0.15, 0.2) is 0 Å². The summed E-state index contributed by atoms with van der Waals surface area (Å²) in [6.07, 6.45) is 0.241. The molecule has 1 aromatic carbocycles. The summed E-state index contributed by atoms with van der Waals surface area (Å²) in [5.41, 5.74) is 7.31. The SMILES string of the molecule is C[C@@H](N)c1cccc(F)c1N1CC(O)CC1CN(C)C. The molecule has 1 aliphatic rings. The number of benzene rings is 1. The molecule has 1 heterocycles. The molecule has 1 aromatic rings. The van der Waals surface area contributed by atoms with Gasteiger partial charge in [-0.3, -0.25) is 0 Å². The number of likely N-dealkylation sites (N-methyl/N-ethyl adjacent to an activating group) is 1. The van der Waals surface area contributed by atoms with Crippen LogP contribution >= 0.6 is 0 Å². The van der Waals surface area contributed by atoms with Crippen LogP contribution in [0.25, 0.3) is 0 Å². The summed E-state index contributed by atoms with van der Waals surface area (Å²) in [4.78, 5) is 4.03. The summed E-state index contributed by atoms with van der Waals surface area (Å²) in [6.45, 7) is 3.09. The smallest absolute Gasteiger partial charge is 0.146 e. The van der Waals surface area contributed by atoms with Crippen molar-refractivity contribution in [1.82, 2.24) is 4.90 Å². The molecule has 1 aliphatic heterocycles. The lowest BCUT2D eigenvalue weighted by Crippen LogP contribution is -2.39. The van der Waals surface area contributed by atoms with Crippen molar-refractivity contribution in [2.75, 3.05) is 32.1 Å². The molecule has 112 valence electrons. The lowest BCUT2D eigenvalue weighted by atomic mass is 10.0. The Balaban J connectivity index is 2.38. The van der Waals surface area contributed by atoms with Gasteiger partial charge in [-0.05, 0) is 39.1 Å². The molecule has 2 rings (SSSR count).